The van der Waals surface area contributed by atoms with Crippen molar-refractivity contribution in [2.45, 2.75) is 34.6 Å². The molecule has 0 fully saturated rings. The van der Waals surface area contributed by atoms with Crippen LogP contribution in [-0.4, -0.2) is 0 Å². The molecule has 20 aromatic rings. The van der Waals surface area contributed by atoms with Gasteiger partial charge in [0.25, 0.3) is 0 Å². The molecule has 19 heteroatoms. The van der Waals surface area contributed by atoms with Crippen LogP contribution in [-0.2, 0) is 35.2 Å². The quantitative estimate of drug-likeness (QED) is 0.0933. The molecule has 0 aliphatic rings. The average molecular weight is 1570 g/mol. The smallest absolute Gasteiger partial charge is 0.225 e. The van der Waals surface area contributed by atoms with Gasteiger partial charge in [-0.3, -0.25) is 0 Å². The van der Waals surface area contributed by atoms with Crippen molar-refractivity contribution in [2.75, 3.05) is 0 Å². The Morgan fingerprint density at radius 2 is 0.697 bits per heavy atom. The third-order valence-corrected chi connectivity index (χ3v) is 21.7. The van der Waals surface area contributed by atoms with E-state index in [9.17, 15) is 33.3 Å². The molecule has 10 aromatic carbocycles. The number of aryl methyl sites for hydroxylation is 10. The Balaban J connectivity index is 0.000000111. The molecule has 0 bridgehead atoms. The summed E-state index contributed by atoms with van der Waals surface area (Å²) in [4.78, 5) is 6.56. The molecule has 119 heavy (non-hydrogen) atoms. The van der Waals surface area contributed by atoms with Crippen LogP contribution in [0.25, 0.3) is 176 Å². The third kappa shape index (κ3) is 13.5. The van der Waals surface area contributed by atoms with Crippen LogP contribution in [0.15, 0.2) is 271 Å². The molecule has 0 spiro atoms. The van der Waals surface area contributed by atoms with Crippen molar-refractivity contribution < 1.29 is 62.5 Å². The van der Waals surface area contributed by atoms with E-state index in [1.807, 2.05) is 277 Å². The highest BCUT2D eigenvalue weighted by Crippen LogP contribution is 2.46. The van der Waals surface area contributed by atoms with Crippen LogP contribution in [0.1, 0.15) is 44.5 Å². The molecule has 0 atom stereocenters. The van der Waals surface area contributed by atoms with Gasteiger partial charge < -0.3 is 22.1 Å². The minimum absolute atomic E-state index is 0.0231. The molecular weight excluding hydrogens is 1500 g/mol. The summed E-state index contributed by atoms with van der Waals surface area (Å²) >= 11 is 0. The van der Waals surface area contributed by atoms with E-state index in [4.69, 9.17) is 35.2 Å². The van der Waals surface area contributed by atoms with Gasteiger partial charge in [0.15, 0.2) is 93.4 Å². The summed E-state index contributed by atoms with van der Waals surface area (Å²) in [5.41, 5.74) is 21.2. The number of furan rings is 5. The molecule has 0 saturated carbocycles. The Kier molecular flexibility index (Phi) is 20.4. The summed E-state index contributed by atoms with van der Waals surface area (Å²) in [6, 6.07) is 73.5. The molecule has 0 amide bonds. The number of hydrogen-bond donors (Lipinski definition) is 0. The number of para-hydroxylation sites is 2. The maximum Gasteiger partial charge on any atom is 0.225 e. The minimum atomic E-state index is -0.597. The summed E-state index contributed by atoms with van der Waals surface area (Å²) < 4.78 is 97.0. The fourth-order valence-electron chi connectivity index (χ4n) is 16.0. The first-order chi connectivity index (χ1) is 57.6. The lowest BCUT2D eigenvalue weighted by atomic mass is 9.95. The molecular formula is C100H71F4N10O5+5. The Labute approximate surface area is 679 Å². The fourth-order valence-corrected chi connectivity index (χ4v) is 16.0. The molecule has 10 heterocycles. The molecule has 0 saturated heterocycles. The summed E-state index contributed by atoms with van der Waals surface area (Å²) in [5.74, 6) is -1.98. The van der Waals surface area contributed by atoms with Crippen molar-refractivity contribution in [3.8, 4) is 74.5 Å². The highest BCUT2D eigenvalue weighted by Gasteiger charge is 2.30. The van der Waals surface area contributed by atoms with Gasteiger partial charge in [-0.05, 0) is 141 Å². The van der Waals surface area contributed by atoms with Crippen LogP contribution in [0, 0.1) is 105 Å². The summed E-state index contributed by atoms with van der Waals surface area (Å²) in [6.45, 7) is 24.2. The Bertz CT molecular complexity index is 7790. The van der Waals surface area contributed by atoms with E-state index >= 15 is 0 Å². The first kappa shape index (κ1) is 77.1. The molecule has 574 valence electrons. The zero-order chi connectivity index (χ0) is 83.4. The number of fused-ring (bicyclic) bond motifs is 15. The van der Waals surface area contributed by atoms with Crippen molar-refractivity contribution in [3.05, 3.63) is 340 Å². The second-order valence-electron chi connectivity index (χ2n) is 29.1. The number of rotatable bonds is 5. The predicted octanol–water partition coefficient (Wildman–Crippen LogP) is 23.2. The molecule has 0 radical (unpaired) electrons. The summed E-state index contributed by atoms with van der Waals surface area (Å²) in [6.07, 6.45) is 9.86. The van der Waals surface area contributed by atoms with Crippen molar-refractivity contribution >= 4 is 121 Å². The molecule has 15 nitrogen and oxygen atoms in total. The number of benzene rings is 10. The minimum Gasteiger partial charge on any atom is -0.455 e. The van der Waals surface area contributed by atoms with Gasteiger partial charge >= 0.3 is 0 Å². The van der Waals surface area contributed by atoms with Crippen molar-refractivity contribution in [1.82, 2.24) is 0 Å². The van der Waals surface area contributed by atoms with Crippen LogP contribution in [0.4, 0.5) is 28.9 Å². The summed E-state index contributed by atoms with van der Waals surface area (Å²) in [5, 5.41) is 36.0. The van der Waals surface area contributed by atoms with Crippen molar-refractivity contribution in [1.29, 1.82) is 15.8 Å². The van der Waals surface area contributed by atoms with Gasteiger partial charge in [0, 0.05) is 115 Å². The predicted molar refractivity (Wildman–Crippen MR) is 452 cm³/mol. The lowest BCUT2D eigenvalue weighted by Crippen LogP contribution is -2.30. The maximum absolute atomic E-state index is 14.5. The van der Waals surface area contributed by atoms with Gasteiger partial charge in [-0.15, -0.1) is 0 Å². The average Bonchev–Trinajstić information content (AvgIpc) is 1.61. The third-order valence-electron chi connectivity index (χ3n) is 21.7. The molecule has 10 aromatic heterocycles. The Hall–Kier alpha value is -15.9. The SMILES string of the molecule is Cc1cc(C#N)c2c(oc3c(F)cccc32)c1-c1cccc[n+]1C.Cc1cc(C#N)c2oc3ccccc3c2c1-c1cccc[n+]1C.Cc1ccc2c(oc3c(F)ccc(C#N)c32)c1-c1cccc[n+]1C.[C-]#[N+]c1cc(F)c2oc3c(-c4cccc[n+]4C)c(C)ccc3c2c1.[C-]#[N+]c1ccc2c(oc3c(-c4cccc[n+]4C)c(C)ccc32)c1F. The van der Waals surface area contributed by atoms with Crippen molar-refractivity contribution in [3.63, 3.8) is 0 Å². The Morgan fingerprint density at radius 3 is 1.23 bits per heavy atom. The van der Waals surface area contributed by atoms with Gasteiger partial charge in [-0.25, -0.2) is 50.1 Å². The van der Waals surface area contributed by atoms with Crippen molar-refractivity contribution in [2.24, 2.45) is 35.2 Å². The van der Waals surface area contributed by atoms with Crippen LogP contribution in [0.3, 0.4) is 0 Å². The van der Waals surface area contributed by atoms with Crippen LogP contribution >= 0.6 is 0 Å². The number of nitriles is 3. The zero-order valence-electron chi connectivity index (χ0n) is 66.2. The van der Waals surface area contributed by atoms with E-state index in [-0.39, 0.29) is 33.7 Å². The molecule has 0 unspecified atom stereocenters. The zero-order valence-corrected chi connectivity index (χ0v) is 66.2. The van der Waals surface area contributed by atoms with Gasteiger partial charge in [0.05, 0.1) is 69.8 Å². The standard InChI is InChI=1S/4C20H14FN2O.C20H15N2O/c1-12-7-8-13-14-9-10-15(22-2)18(21)20(14)24-19(13)17(12)16-6-4-5-11-23(16)3;1-12-7-8-14-15-10-13(22-2)11-16(21)19(15)24-20(14)18(12)17-6-4-5-9-23(17)3;1-12-10-13(11-22)18-14-6-5-7-15(21)19(14)24-20(18)17(12)16-8-3-4-9-23(16)2;1-12-6-8-14-18-13(11-22)7-9-15(21)20(18)24-19(14)17(12)16-5-3-4-10-23(16)2;1-13-11-14(12-21)20-19(15-7-3-4-9-17(15)23-20)18(13)16-8-5-6-10-22(16)2/h2*4-11H,1,3H3;2*3-10H,1-2H3;3-11H,1-2H3/q5*+1. The van der Waals surface area contributed by atoms with E-state index < -0.39 is 23.3 Å². The lowest BCUT2D eigenvalue weighted by Gasteiger charge is -2.07. The largest absolute Gasteiger partial charge is 0.455 e. The van der Waals surface area contributed by atoms with Crippen LogP contribution in [0.5, 0.6) is 0 Å². The van der Waals surface area contributed by atoms with Crippen LogP contribution < -0.4 is 22.8 Å². The highest BCUT2D eigenvalue weighted by atomic mass is 19.1. The monoisotopic (exact) mass is 1570 g/mol. The van der Waals surface area contributed by atoms with E-state index in [2.05, 4.69) is 38.5 Å². The van der Waals surface area contributed by atoms with Gasteiger partial charge in [-0.2, -0.15) is 15.8 Å². The lowest BCUT2D eigenvalue weighted by molar-refractivity contribution is -0.660. The fraction of sp³-hybridized carbons (Fsp3) is 0.100. The second-order valence-corrected chi connectivity index (χ2v) is 29.1. The molecule has 0 aliphatic heterocycles. The van der Waals surface area contributed by atoms with E-state index in [0.29, 0.717) is 71.5 Å². The molecule has 0 aliphatic carbocycles. The molecule has 20 rings (SSSR count). The van der Waals surface area contributed by atoms with Gasteiger partial charge in [0.2, 0.25) is 34.2 Å². The first-order valence-electron chi connectivity index (χ1n) is 37.9. The maximum atomic E-state index is 14.5. The number of aromatic nitrogens is 5. The number of hydrogen-bond acceptors (Lipinski definition) is 8. The van der Waals surface area contributed by atoms with E-state index in [1.54, 1.807) is 24.3 Å². The van der Waals surface area contributed by atoms with Gasteiger partial charge in [-0.1, -0.05) is 78.9 Å². The second kappa shape index (κ2) is 31.5. The Morgan fingerprint density at radius 1 is 0.294 bits per heavy atom. The number of nitrogens with zero attached hydrogens (tertiary/aromatic N) is 10. The van der Waals surface area contributed by atoms with Crippen LogP contribution in [0.2, 0.25) is 0 Å². The summed E-state index contributed by atoms with van der Waals surface area (Å²) in [7, 11) is 9.86. The highest BCUT2D eigenvalue weighted by molar-refractivity contribution is 6.17. The number of pyridine rings is 5. The normalized spacial score (nSPS) is 11.1. The first-order valence-corrected chi connectivity index (χ1v) is 37.9. The van der Waals surface area contributed by atoms with E-state index in [0.717, 1.165) is 117 Å². The number of halogens is 4. The van der Waals surface area contributed by atoms with Gasteiger partial charge in [0.1, 0.15) is 63.6 Å². The molecule has 0 N–H and O–H groups in total. The topological polar surface area (TPSA) is 165 Å². The van der Waals surface area contributed by atoms with E-state index in [1.165, 1.54) is 30.3 Å².